The number of carboxylic acid groups (broad SMARTS) is 1. The zero-order valence-corrected chi connectivity index (χ0v) is 16.1. The normalized spacial score (nSPS) is 13.5. The van der Waals surface area contributed by atoms with E-state index in [1.165, 1.54) is 28.6 Å². The summed E-state index contributed by atoms with van der Waals surface area (Å²) >= 11 is 0. The summed E-state index contributed by atoms with van der Waals surface area (Å²) in [5.74, 6) is -1.68. The summed E-state index contributed by atoms with van der Waals surface area (Å²) < 4.78 is 26.2. The van der Waals surface area contributed by atoms with E-state index in [-0.39, 0.29) is 10.5 Å². The molecule has 0 aliphatic heterocycles. The molecule has 7 nitrogen and oxygen atoms in total. The Kier molecular flexibility index (Phi) is 6.73. The molecule has 0 unspecified atom stereocenters. The van der Waals surface area contributed by atoms with Gasteiger partial charge in [-0.05, 0) is 29.7 Å². The molecule has 0 heterocycles. The first-order valence-corrected chi connectivity index (χ1v) is 9.53. The van der Waals surface area contributed by atoms with Crippen LogP contribution in [0.1, 0.15) is 45.0 Å². The second-order valence-corrected chi connectivity index (χ2v) is 8.66. The monoisotopic (exact) mass is 370 g/mol. The molecule has 0 bridgehead atoms. The maximum Gasteiger partial charge on any atom is 0.326 e. The molecule has 1 atom stereocenters. The Labute approximate surface area is 149 Å². The number of carbonyl (C=O) groups excluding carboxylic acids is 1. The van der Waals surface area contributed by atoms with Crippen molar-refractivity contribution in [3.63, 3.8) is 0 Å². The minimum Gasteiger partial charge on any atom is -0.480 e. The first kappa shape index (κ1) is 21.1. The quantitative estimate of drug-likeness (QED) is 0.763. The lowest BCUT2D eigenvalue weighted by Crippen LogP contribution is -2.49. The van der Waals surface area contributed by atoms with Crippen molar-refractivity contribution in [2.24, 2.45) is 5.41 Å². The maximum atomic E-state index is 12.4. The van der Waals surface area contributed by atoms with Crippen LogP contribution < -0.4 is 5.32 Å². The zero-order valence-electron chi connectivity index (χ0n) is 15.2. The Balaban J connectivity index is 3.03. The summed E-state index contributed by atoms with van der Waals surface area (Å²) in [6, 6.07) is 4.42. The summed E-state index contributed by atoms with van der Waals surface area (Å²) in [4.78, 5) is 23.7. The van der Waals surface area contributed by atoms with E-state index in [0.717, 1.165) is 0 Å². The van der Waals surface area contributed by atoms with Crippen LogP contribution >= 0.6 is 0 Å². The van der Waals surface area contributed by atoms with Gasteiger partial charge in [-0.25, -0.2) is 13.2 Å². The van der Waals surface area contributed by atoms with E-state index in [9.17, 15) is 23.1 Å². The van der Waals surface area contributed by atoms with E-state index >= 15 is 0 Å². The highest BCUT2D eigenvalue weighted by Crippen LogP contribution is 2.21. The van der Waals surface area contributed by atoms with Crippen molar-refractivity contribution in [2.45, 2.75) is 45.6 Å². The molecule has 1 aromatic carbocycles. The molecular formula is C17H26N2O5S. The molecule has 8 heteroatoms. The Morgan fingerprint density at radius 2 is 1.60 bits per heavy atom. The topological polar surface area (TPSA) is 104 Å². The van der Waals surface area contributed by atoms with Gasteiger partial charge in [-0.15, -0.1) is 0 Å². The van der Waals surface area contributed by atoms with Crippen LogP contribution in [0, 0.1) is 5.41 Å². The average Bonchev–Trinajstić information content (AvgIpc) is 2.52. The number of nitrogens with zero attached hydrogens (tertiary/aromatic N) is 1. The van der Waals surface area contributed by atoms with Gasteiger partial charge in [0.1, 0.15) is 6.04 Å². The summed E-state index contributed by atoms with van der Waals surface area (Å²) in [5.41, 5.74) is -0.456. The van der Waals surface area contributed by atoms with Gasteiger partial charge in [-0.2, -0.15) is 4.31 Å². The molecule has 0 radical (unpaired) electrons. The average molecular weight is 370 g/mol. The van der Waals surface area contributed by atoms with Crippen LogP contribution in [0.2, 0.25) is 0 Å². The number of carbonyl (C=O) groups is 2. The van der Waals surface area contributed by atoms with E-state index in [2.05, 4.69) is 5.32 Å². The third-order valence-corrected chi connectivity index (χ3v) is 5.91. The summed E-state index contributed by atoms with van der Waals surface area (Å²) in [5, 5.41) is 11.7. The van der Waals surface area contributed by atoms with Crippen LogP contribution in [0.15, 0.2) is 29.2 Å². The molecule has 0 aliphatic carbocycles. The summed E-state index contributed by atoms with van der Waals surface area (Å²) in [7, 11) is -3.60. The number of nitrogens with one attached hydrogen (secondary N) is 1. The third kappa shape index (κ3) is 5.02. The zero-order chi connectivity index (χ0) is 19.4. The highest BCUT2D eigenvalue weighted by molar-refractivity contribution is 7.89. The molecular weight excluding hydrogens is 344 g/mol. The Bertz CT molecular complexity index is 716. The molecule has 1 aromatic rings. The van der Waals surface area contributed by atoms with Crippen molar-refractivity contribution in [2.75, 3.05) is 13.1 Å². The van der Waals surface area contributed by atoms with Gasteiger partial charge in [0.25, 0.3) is 5.91 Å². The molecule has 0 spiro atoms. The minimum atomic E-state index is -3.60. The fourth-order valence-corrected chi connectivity index (χ4v) is 3.81. The molecule has 0 aromatic heterocycles. The Hall–Kier alpha value is -1.93. The van der Waals surface area contributed by atoms with Gasteiger partial charge in [0.05, 0.1) is 4.90 Å². The number of hydrogen-bond acceptors (Lipinski definition) is 4. The van der Waals surface area contributed by atoms with Crippen LogP contribution in [0.25, 0.3) is 0 Å². The van der Waals surface area contributed by atoms with Crippen molar-refractivity contribution in [1.29, 1.82) is 0 Å². The van der Waals surface area contributed by atoms with Crippen LogP contribution in [-0.2, 0) is 14.8 Å². The molecule has 1 rings (SSSR count). The van der Waals surface area contributed by atoms with Crippen molar-refractivity contribution >= 4 is 21.9 Å². The number of hydrogen-bond donors (Lipinski definition) is 2. The van der Waals surface area contributed by atoms with Crippen LogP contribution in [-0.4, -0.2) is 48.8 Å². The molecule has 0 saturated carbocycles. The van der Waals surface area contributed by atoms with Gasteiger partial charge >= 0.3 is 5.97 Å². The van der Waals surface area contributed by atoms with E-state index in [1.807, 2.05) is 0 Å². The van der Waals surface area contributed by atoms with Crippen molar-refractivity contribution in [1.82, 2.24) is 9.62 Å². The first-order valence-electron chi connectivity index (χ1n) is 8.09. The second-order valence-electron chi connectivity index (χ2n) is 6.72. The minimum absolute atomic E-state index is 0.0957. The van der Waals surface area contributed by atoms with Crippen LogP contribution in [0.3, 0.4) is 0 Å². The fraction of sp³-hybridized carbons (Fsp3) is 0.529. The Morgan fingerprint density at radius 3 is 1.96 bits per heavy atom. The molecule has 0 saturated heterocycles. The van der Waals surface area contributed by atoms with Crippen LogP contribution in [0.5, 0.6) is 0 Å². The molecule has 0 aliphatic rings. The van der Waals surface area contributed by atoms with Gasteiger partial charge in [-0.3, -0.25) is 4.79 Å². The maximum absolute atomic E-state index is 12.4. The van der Waals surface area contributed by atoms with Gasteiger partial charge in [0.2, 0.25) is 10.0 Å². The fourth-order valence-electron chi connectivity index (χ4n) is 2.35. The number of carboxylic acids is 1. The second kappa shape index (κ2) is 7.97. The van der Waals surface area contributed by atoms with Crippen molar-refractivity contribution in [3.05, 3.63) is 29.8 Å². The van der Waals surface area contributed by atoms with Gasteiger partial charge in [0.15, 0.2) is 0 Å². The molecule has 140 valence electrons. The van der Waals surface area contributed by atoms with Gasteiger partial charge < -0.3 is 10.4 Å². The van der Waals surface area contributed by atoms with Crippen molar-refractivity contribution in [3.8, 4) is 0 Å². The lowest BCUT2D eigenvalue weighted by molar-refractivity contribution is -0.142. The van der Waals surface area contributed by atoms with Crippen molar-refractivity contribution < 1.29 is 23.1 Å². The number of benzene rings is 1. The van der Waals surface area contributed by atoms with Gasteiger partial charge in [-0.1, -0.05) is 34.6 Å². The largest absolute Gasteiger partial charge is 0.480 e. The third-order valence-electron chi connectivity index (χ3n) is 3.85. The van der Waals surface area contributed by atoms with E-state index in [1.54, 1.807) is 34.6 Å². The lowest BCUT2D eigenvalue weighted by atomic mass is 9.86. The molecule has 2 N–H and O–H groups in total. The number of amides is 1. The molecule has 25 heavy (non-hydrogen) atoms. The summed E-state index contributed by atoms with van der Waals surface area (Å²) in [6.07, 6.45) is 0. The first-order chi connectivity index (χ1) is 11.4. The SMILES string of the molecule is CCN(CC)S(=O)(=O)c1ccc(C(=O)N[C@H](C(=O)O)C(C)(C)C)cc1. The standard InChI is InChI=1S/C17H26N2O5S/c1-6-19(7-2)25(23,24)13-10-8-12(9-11-13)15(20)18-14(16(21)22)17(3,4)5/h8-11,14H,6-7H2,1-5H3,(H,18,20)(H,21,22)/t14-/m1/s1. The summed E-state index contributed by atoms with van der Waals surface area (Å²) in [6.45, 7) is 9.35. The smallest absolute Gasteiger partial charge is 0.326 e. The highest BCUT2D eigenvalue weighted by Gasteiger charge is 2.33. The van der Waals surface area contributed by atoms with E-state index < -0.39 is 33.4 Å². The Morgan fingerprint density at radius 1 is 1.12 bits per heavy atom. The van der Waals surface area contributed by atoms with Crippen LogP contribution in [0.4, 0.5) is 0 Å². The predicted octanol–water partition coefficient (Wildman–Crippen LogP) is 1.95. The predicted molar refractivity (Wildman–Crippen MR) is 94.9 cm³/mol. The van der Waals surface area contributed by atoms with E-state index in [0.29, 0.717) is 13.1 Å². The van der Waals surface area contributed by atoms with E-state index in [4.69, 9.17) is 0 Å². The number of sulfonamides is 1. The highest BCUT2D eigenvalue weighted by atomic mass is 32.2. The lowest BCUT2D eigenvalue weighted by Gasteiger charge is -2.27. The number of rotatable bonds is 7. The molecule has 1 amide bonds. The number of aliphatic carboxylic acids is 1. The van der Waals surface area contributed by atoms with Gasteiger partial charge in [0, 0.05) is 18.7 Å². The molecule has 0 fully saturated rings.